The quantitative estimate of drug-likeness (QED) is 0.511. The lowest BCUT2D eigenvalue weighted by Crippen LogP contribution is -2.59. The summed E-state index contributed by atoms with van der Waals surface area (Å²) in [6, 6.07) is 4.36. The van der Waals surface area contributed by atoms with Crippen molar-refractivity contribution in [1.82, 2.24) is 15.1 Å². The number of nitrogens with zero attached hydrogens (tertiary/aromatic N) is 2. The van der Waals surface area contributed by atoms with Crippen molar-refractivity contribution in [2.75, 3.05) is 6.54 Å². The lowest BCUT2D eigenvalue weighted by molar-refractivity contribution is -0.142. The zero-order valence-corrected chi connectivity index (χ0v) is 25.2. The zero-order valence-electron chi connectivity index (χ0n) is 24.4. The van der Waals surface area contributed by atoms with Gasteiger partial charge in [0.05, 0.1) is 10.8 Å². The number of carbonyl (C=O) groups excluding carboxylic acids is 4. The molecule has 10 nitrogen and oxygen atoms in total. The van der Waals surface area contributed by atoms with Crippen LogP contribution < -0.4 is 11.1 Å². The van der Waals surface area contributed by atoms with Gasteiger partial charge in [0.1, 0.15) is 22.6 Å². The molecule has 2 aliphatic heterocycles. The minimum atomic E-state index is -1.51. The first kappa shape index (κ1) is 30.7. The van der Waals surface area contributed by atoms with E-state index < -0.39 is 51.4 Å². The Morgan fingerprint density at radius 1 is 1.10 bits per heavy atom. The van der Waals surface area contributed by atoms with Gasteiger partial charge in [-0.1, -0.05) is 42.7 Å². The Kier molecular flexibility index (Phi) is 9.25. The highest BCUT2D eigenvalue weighted by molar-refractivity contribution is 7.86. The molecule has 41 heavy (non-hydrogen) atoms. The molecule has 5 atom stereocenters. The number of amides is 5. The summed E-state index contributed by atoms with van der Waals surface area (Å²) >= 11 is 0. The van der Waals surface area contributed by atoms with Crippen LogP contribution in [0.1, 0.15) is 77.7 Å². The number of allylic oxidation sites excluding steroid dienone is 1. The van der Waals surface area contributed by atoms with Gasteiger partial charge < -0.3 is 20.7 Å². The molecule has 0 radical (unpaired) electrons. The van der Waals surface area contributed by atoms with E-state index in [1.807, 2.05) is 37.3 Å². The van der Waals surface area contributed by atoms with Gasteiger partial charge in [-0.3, -0.25) is 13.8 Å². The molecule has 2 heterocycles. The van der Waals surface area contributed by atoms with E-state index >= 15 is 0 Å². The predicted molar refractivity (Wildman–Crippen MR) is 155 cm³/mol. The van der Waals surface area contributed by atoms with Gasteiger partial charge in [0, 0.05) is 17.4 Å². The van der Waals surface area contributed by atoms with Crippen LogP contribution in [0.25, 0.3) is 0 Å². The number of carbonyl (C=O) groups is 4. The molecule has 1 saturated heterocycles. The molecule has 0 spiro atoms. The summed E-state index contributed by atoms with van der Waals surface area (Å²) in [5.41, 5.74) is 5.77. The van der Waals surface area contributed by atoms with Crippen LogP contribution in [-0.4, -0.2) is 67.0 Å². The van der Waals surface area contributed by atoms with Gasteiger partial charge in [0.15, 0.2) is 0 Å². The molecule has 1 saturated carbocycles. The zero-order chi connectivity index (χ0) is 29.9. The Morgan fingerprint density at radius 2 is 1.80 bits per heavy atom. The third kappa shape index (κ3) is 6.99. The smallest absolute Gasteiger partial charge is 0.419 e. The van der Waals surface area contributed by atoms with Crippen LogP contribution in [0.2, 0.25) is 0 Å². The maximum absolute atomic E-state index is 14.0. The second-order valence-electron chi connectivity index (χ2n) is 12.2. The normalized spacial score (nSPS) is 28.7. The molecule has 5 amide bonds. The van der Waals surface area contributed by atoms with Crippen molar-refractivity contribution in [3.8, 4) is 0 Å². The first-order valence-corrected chi connectivity index (χ1v) is 15.6. The molecular formula is C30H42N4O6S. The number of nitrogens with one attached hydrogen (secondary N) is 1. The Morgan fingerprint density at radius 3 is 2.46 bits per heavy atom. The first-order valence-electron chi connectivity index (χ1n) is 14.4. The van der Waals surface area contributed by atoms with E-state index in [1.54, 1.807) is 20.8 Å². The van der Waals surface area contributed by atoms with E-state index in [2.05, 4.69) is 11.4 Å². The van der Waals surface area contributed by atoms with Crippen molar-refractivity contribution < 1.29 is 28.1 Å². The monoisotopic (exact) mass is 586 g/mol. The number of fused-ring (bicyclic) bond motifs is 2. The average molecular weight is 587 g/mol. The van der Waals surface area contributed by atoms with Crippen molar-refractivity contribution in [2.45, 2.75) is 107 Å². The van der Waals surface area contributed by atoms with E-state index in [1.165, 1.54) is 4.90 Å². The maximum atomic E-state index is 14.0. The molecule has 11 heteroatoms. The largest absolute Gasteiger partial charge is 0.443 e. The summed E-state index contributed by atoms with van der Waals surface area (Å²) in [4.78, 5) is 55.2. The number of aryl methyl sites for hydroxylation is 1. The van der Waals surface area contributed by atoms with Crippen LogP contribution in [0.3, 0.4) is 0 Å². The fourth-order valence-electron chi connectivity index (χ4n) is 5.64. The van der Waals surface area contributed by atoms with Gasteiger partial charge in [0.2, 0.25) is 11.8 Å². The minimum Gasteiger partial charge on any atom is -0.443 e. The van der Waals surface area contributed by atoms with Gasteiger partial charge in [-0.15, -0.1) is 0 Å². The summed E-state index contributed by atoms with van der Waals surface area (Å²) in [5.74, 6) is -0.986. The van der Waals surface area contributed by atoms with Crippen molar-refractivity contribution in [3.63, 3.8) is 0 Å². The standard InChI is InChI=1S/C30H42N4O6S/c1-20-14-16-22(17-15-20)41(39)30-19-21(30)11-8-6-5-7-9-12-24(34(27(31)37)28(38)40-29(2,3)4)26(36)33-18-10-13-23(33)25(35)32-30/h8,11,14-17,21,23-24H,5-7,9-10,12-13,18-19H2,1-4H3,(H2,31,37)(H,32,35)/b11-8-/t21?,23?,24?,30?,41-/m1/s1. The van der Waals surface area contributed by atoms with Crippen LogP contribution in [0, 0.1) is 12.8 Å². The van der Waals surface area contributed by atoms with E-state index in [-0.39, 0.29) is 18.2 Å². The molecule has 1 aliphatic carbocycles. The second-order valence-corrected chi connectivity index (χ2v) is 14.0. The number of imide groups is 1. The summed E-state index contributed by atoms with van der Waals surface area (Å²) < 4.78 is 19.3. The van der Waals surface area contributed by atoms with E-state index in [0.29, 0.717) is 42.0 Å². The summed E-state index contributed by atoms with van der Waals surface area (Å²) in [7, 11) is -1.51. The maximum Gasteiger partial charge on any atom is 0.419 e. The topological polar surface area (TPSA) is 139 Å². The highest BCUT2D eigenvalue weighted by Crippen LogP contribution is 2.50. The molecule has 0 bridgehead atoms. The lowest BCUT2D eigenvalue weighted by atomic mass is 10.0. The lowest BCUT2D eigenvalue weighted by Gasteiger charge is -2.34. The fraction of sp³-hybridized carbons (Fsp3) is 0.600. The van der Waals surface area contributed by atoms with E-state index in [4.69, 9.17) is 10.5 Å². The molecule has 3 aliphatic rings. The van der Waals surface area contributed by atoms with Crippen LogP contribution in [0.15, 0.2) is 41.3 Å². The second kappa shape index (κ2) is 12.3. The number of primary amides is 1. The Balaban J connectivity index is 1.65. The Labute approximate surface area is 244 Å². The third-order valence-electron chi connectivity index (χ3n) is 7.84. The number of rotatable bonds is 3. The van der Waals surface area contributed by atoms with Crippen molar-refractivity contribution in [1.29, 1.82) is 0 Å². The number of hydrogen-bond acceptors (Lipinski definition) is 6. The molecule has 3 N–H and O–H groups in total. The number of nitrogens with two attached hydrogens (primary N) is 1. The number of benzene rings is 1. The number of urea groups is 1. The molecule has 4 unspecified atom stereocenters. The summed E-state index contributed by atoms with van der Waals surface area (Å²) in [6.07, 6.45) is 7.81. The van der Waals surface area contributed by atoms with Crippen molar-refractivity contribution >= 4 is 34.7 Å². The van der Waals surface area contributed by atoms with E-state index in [0.717, 1.165) is 24.8 Å². The SMILES string of the molecule is Cc1ccc([S@@](=O)C23CC2/C=C\CCCCCC(N(C(N)=O)C(=O)OC(C)(C)C)C(=O)N2CCCC2C(=O)N3)cc1. The van der Waals surface area contributed by atoms with Crippen molar-refractivity contribution in [3.05, 3.63) is 42.0 Å². The number of hydrogen-bond donors (Lipinski definition) is 2. The van der Waals surface area contributed by atoms with Gasteiger partial charge in [-0.05, 0) is 78.4 Å². The van der Waals surface area contributed by atoms with Crippen LogP contribution in [0.4, 0.5) is 9.59 Å². The molecule has 1 aromatic carbocycles. The summed E-state index contributed by atoms with van der Waals surface area (Å²) in [6.45, 7) is 7.25. The summed E-state index contributed by atoms with van der Waals surface area (Å²) in [5, 5.41) is 3.08. The minimum absolute atomic E-state index is 0.0884. The number of ether oxygens (including phenoxy) is 1. The Bertz CT molecular complexity index is 1230. The highest BCUT2D eigenvalue weighted by atomic mass is 32.2. The van der Waals surface area contributed by atoms with Gasteiger partial charge >= 0.3 is 12.1 Å². The molecule has 1 aromatic rings. The Hall–Kier alpha value is -3.21. The van der Waals surface area contributed by atoms with Crippen LogP contribution >= 0.6 is 0 Å². The average Bonchev–Trinajstić information content (AvgIpc) is 3.34. The predicted octanol–water partition coefficient (Wildman–Crippen LogP) is 4.13. The van der Waals surface area contributed by atoms with Gasteiger partial charge in [0.25, 0.3) is 0 Å². The molecule has 224 valence electrons. The van der Waals surface area contributed by atoms with Crippen molar-refractivity contribution in [2.24, 2.45) is 11.7 Å². The molecule has 0 aromatic heterocycles. The van der Waals surface area contributed by atoms with E-state index in [9.17, 15) is 23.4 Å². The molecular weight excluding hydrogens is 544 g/mol. The first-order chi connectivity index (χ1) is 19.3. The molecule has 2 fully saturated rings. The third-order valence-corrected chi connectivity index (χ3v) is 9.78. The van der Waals surface area contributed by atoms with Gasteiger partial charge in [-0.2, -0.15) is 0 Å². The molecule has 4 rings (SSSR count). The fourth-order valence-corrected chi connectivity index (χ4v) is 7.32. The highest BCUT2D eigenvalue weighted by Gasteiger charge is 2.60. The van der Waals surface area contributed by atoms with Crippen LogP contribution in [0.5, 0.6) is 0 Å². The van der Waals surface area contributed by atoms with Gasteiger partial charge in [-0.25, -0.2) is 14.5 Å². The van der Waals surface area contributed by atoms with Crippen LogP contribution in [-0.2, 0) is 25.1 Å².